The average Bonchev–Trinajstić information content (AvgIpc) is 3.22. The summed E-state index contributed by atoms with van der Waals surface area (Å²) >= 11 is 1.43. The third kappa shape index (κ3) is 3.59. The molecule has 2 heterocycles. The topological polar surface area (TPSA) is 89.6 Å². The number of hydrogen-bond donors (Lipinski definition) is 1. The Kier molecular flexibility index (Phi) is 5.14. The van der Waals surface area contributed by atoms with Gasteiger partial charge in [0.25, 0.3) is 0 Å². The fraction of sp³-hybridized carbons (Fsp3) is 0.375. The second-order valence-corrected chi connectivity index (χ2v) is 6.70. The van der Waals surface area contributed by atoms with E-state index in [9.17, 15) is 4.79 Å². The van der Waals surface area contributed by atoms with Crippen molar-refractivity contribution >= 4 is 11.8 Å². The van der Waals surface area contributed by atoms with Gasteiger partial charge >= 0.3 is 5.69 Å². The van der Waals surface area contributed by atoms with Crippen molar-refractivity contribution < 1.29 is 4.42 Å². The van der Waals surface area contributed by atoms with Crippen LogP contribution < -0.4 is 5.69 Å². The lowest BCUT2D eigenvalue weighted by molar-refractivity contribution is 0.508. The number of nitrogens with zero attached hydrogens (tertiary/aromatic N) is 4. The molecular weight excluding hydrogens is 326 g/mol. The first-order chi connectivity index (χ1) is 11.7. The zero-order chi connectivity index (χ0) is 16.9. The van der Waals surface area contributed by atoms with Crippen LogP contribution in [0.15, 0.2) is 44.7 Å². The molecule has 0 bridgehead atoms. The van der Waals surface area contributed by atoms with Crippen LogP contribution in [0.4, 0.5) is 0 Å². The Hall–Kier alpha value is -2.35. The largest absolute Gasteiger partial charge is 0.419 e. The van der Waals surface area contributed by atoms with E-state index >= 15 is 0 Å². The van der Waals surface area contributed by atoms with Crippen molar-refractivity contribution in [2.75, 3.05) is 0 Å². The van der Waals surface area contributed by atoms with Crippen molar-refractivity contribution in [3.63, 3.8) is 0 Å². The number of aromatic nitrogens is 5. The monoisotopic (exact) mass is 345 g/mol. The Morgan fingerprint density at radius 1 is 1.29 bits per heavy atom. The molecule has 24 heavy (non-hydrogen) atoms. The van der Waals surface area contributed by atoms with Gasteiger partial charge in [0.05, 0.1) is 5.25 Å². The first-order valence-corrected chi connectivity index (χ1v) is 8.77. The molecule has 0 saturated heterocycles. The molecule has 1 atom stereocenters. The van der Waals surface area contributed by atoms with Crippen LogP contribution in [0.3, 0.4) is 0 Å². The van der Waals surface area contributed by atoms with Crippen molar-refractivity contribution in [2.45, 2.75) is 43.6 Å². The van der Waals surface area contributed by atoms with Crippen molar-refractivity contribution in [1.82, 2.24) is 25.0 Å². The Bertz CT molecular complexity index is 840. The molecule has 3 rings (SSSR count). The molecule has 7 nitrogen and oxygen atoms in total. The molecular formula is C16H19N5O2S. The van der Waals surface area contributed by atoms with Crippen LogP contribution in [-0.4, -0.2) is 25.0 Å². The molecule has 1 aromatic carbocycles. The van der Waals surface area contributed by atoms with Crippen LogP contribution in [-0.2, 0) is 6.54 Å². The summed E-state index contributed by atoms with van der Waals surface area (Å²) < 4.78 is 7.42. The van der Waals surface area contributed by atoms with E-state index in [2.05, 4.69) is 27.3 Å². The van der Waals surface area contributed by atoms with Gasteiger partial charge in [0, 0.05) is 12.1 Å². The van der Waals surface area contributed by atoms with Gasteiger partial charge in [-0.05, 0) is 25.5 Å². The number of unbranched alkanes of at least 4 members (excludes halogenated alkanes) is 1. The minimum Gasteiger partial charge on any atom is -0.419 e. The van der Waals surface area contributed by atoms with Gasteiger partial charge in [-0.25, -0.2) is 9.89 Å². The average molecular weight is 345 g/mol. The molecule has 0 radical (unpaired) electrons. The first-order valence-electron chi connectivity index (χ1n) is 7.89. The molecule has 3 aromatic rings. The highest BCUT2D eigenvalue weighted by molar-refractivity contribution is 7.99. The summed E-state index contributed by atoms with van der Waals surface area (Å²) in [6.07, 6.45) is 1.95. The molecule has 0 aliphatic carbocycles. The van der Waals surface area contributed by atoms with Crippen LogP contribution in [0, 0.1) is 0 Å². The Morgan fingerprint density at radius 3 is 2.83 bits per heavy atom. The van der Waals surface area contributed by atoms with Gasteiger partial charge in [0.2, 0.25) is 11.8 Å². The third-order valence-electron chi connectivity index (χ3n) is 3.55. The maximum Gasteiger partial charge on any atom is 0.343 e. The third-order valence-corrected chi connectivity index (χ3v) is 4.63. The first kappa shape index (κ1) is 16.5. The standard InChI is InChI=1S/C16H19N5O2S/c1-3-4-10-21-15(22)19-20-16(21)24-11(2)13-17-18-14(23-13)12-8-6-5-7-9-12/h5-9,11H,3-4,10H2,1-2H3,(H,19,22). The number of benzene rings is 1. The van der Waals surface area contributed by atoms with Gasteiger partial charge in [0.15, 0.2) is 5.16 Å². The normalized spacial score (nSPS) is 12.4. The lowest BCUT2D eigenvalue weighted by Crippen LogP contribution is -2.17. The predicted molar refractivity (Wildman–Crippen MR) is 91.8 cm³/mol. The number of H-pyrrole nitrogens is 1. The smallest absolute Gasteiger partial charge is 0.343 e. The Morgan fingerprint density at radius 2 is 2.08 bits per heavy atom. The maximum atomic E-state index is 11.8. The molecule has 0 aliphatic rings. The second kappa shape index (κ2) is 7.48. The summed E-state index contributed by atoms with van der Waals surface area (Å²) in [5, 5.41) is 15.4. The van der Waals surface area contributed by atoms with E-state index < -0.39 is 0 Å². The Balaban J connectivity index is 1.75. The summed E-state index contributed by atoms with van der Waals surface area (Å²) in [5.41, 5.74) is 0.696. The molecule has 8 heteroatoms. The zero-order valence-corrected chi connectivity index (χ0v) is 14.4. The van der Waals surface area contributed by atoms with Crippen LogP contribution in [0.2, 0.25) is 0 Å². The van der Waals surface area contributed by atoms with E-state index in [0.29, 0.717) is 23.5 Å². The van der Waals surface area contributed by atoms with Gasteiger partial charge in [0.1, 0.15) is 0 Å². The highest BCUT2D eigenvalue weighted by Gasteiger charge is 2.19. The van der Waals surface area contributed by atoms with Crippen LogP contribution in [0.1, 0.15) is 37.8 Å². The minimum atomic E-state index is -0.186. The maximum absolute atomic E-state index is 11.8. The number of thioether (sulfide) groups is 1. The highest BCUT2D eigenvalue weighted by Crippen LogP contribution is 2.33. The molecule has 0 aliphatic heterocycles. The van der Waals surface area contributed by atoms with E-state index in [0.717, 1.165) is 18.4 Å². The molecule has 0 saturated carbocycles. The summed E-state index contributed by atoms with van der Waals surface area (Å²) in [7, 11) is 0. The summed E-state index contributed by atoms with van der Waals surface area (Å²) in [4.78, 5) is 11.8. The Labute approximate surface area is 143 Å². The molecule has 2 aromatic heterocycles. The highest BCUT2D eigenvalue weighted by atomic mass is 32.2. The van der Waals surface area contributed by atoms with E-state index in [1.165, 1.54) is 11.8 Å². The lowest BCUT2D eigenvalue weighted by Gasteiger charge is -2.07. The van der Waals surface area contributed by atoms with E-state index in [1.807, 2.05) is 37.3 Å². The number of rotatable bonds is 7. The molecule has 1 unspecified atom stereocenters. The van der Waals surface area contributed by atoms with Gasteiger partial charge < -0.3 is 4.42 Å². The second-order valence-electron chi connectivity index (χ2n) is 5.39. The summed E-state index contributed by atoms with van der Waals surface area (Å²) in [6, 6.07) is 9.63. The number of aromatic amines is 1. The lowest BCUT2D eigenvalue weighted by atomic mass is 10.2. The van der Waals surface area contributed by atoms with Crippen LogP contribution in [0.25, 0.3) is 11.5 Å². The number of hydrogen-bond acceptors (Lipinski definition) is 6. The van der Waals surface area contributed by atoms with E-state index in [-0.39, 0.29) is 10.9 Å². The van der Waals surface area contributed by atoms with Gasteiger partial charge in [-0.2, -0.15) is 0 Å². The summed E-state index contributed by atoms with van der Waals surface area (Å²) in [5.74, 6) is 1.000. The van der Waals surface area contributed by atoms with Crippen LogP contribution in [0.5, 0.6) is 0 Å². The van der Waals surface area contributed by atoms with Gasteiger partial charge in [-0.1, -0.05) is 43.3 Å². The fourth-order valence-electron chi connectivity index (χ4n) is 2.21. The quantitative estimate of drug-likeness (QED) is 0.661. The fourth-order valence-corrected chi connectivity index (χ4v) is 3.12. The van der Waals surface area contributed by atoms with Gasteiger partial charge in [-0.15, -0.1) is 15.3 Å². The van der Waals surface area contributed by atoms with E-state index in [1.54, 1.807) is 4.57 Å². The van der Waals surface area contributed by atoms with Crippen molar-refractivity contribution in [1.29, 1.82) is 0 Å². The molecule has 0 spiro atoms. The summed E-state index contributed by atoms with van der Waals surface area (Å²) in [6.45, 7) is 4.69. The van der Waals surface area contributed by atoms with E-state index in [4.69, 9.17) is 4.42 Å². The molecule has 1 N–H and O–H groups in total. The molecule has 0 fully saturated rings. The van der Waals surface area contributed by atoms with Crippen molar-refractivity contribution in [3.05, 3.63) is 46.7 Å². The SMILES string of the molecule is CCCCn1c(SC(C)c2nnc(-c3ccccc3)o2)n[nH]c1=O. The minimum absolute atomic E-state index is 0.106. The molecule has 0 amide bonds. The van der Waals surface area contributed by atoms with Crippen molar-refractivity contribution in [2.24, 2.45) is 0 Å². The predicted octanol–water partition coefficient (Wildman–Crippen LogP) is 3.27. The zero-order valence-electron chi connectivity index (χ0n) is 13.6. The number of nitrogens with one attached hydrogen (secondary N) is 1. The van der Waals surface area contributed by atoms with Gasteiger partial charge in [-0.3, -0.25) is 4.57 Å². The van der Waals surface area contributed by atoms with Crippen molar-refractivity contribution in [3.8, 4) is 11.5 Å². The molecule has 126 valence electrons. The van der Waals surface area contributed by atoms with Crippen LogP contribution >= 0.6 is 11.8 Å².